The number of benzene rings is 2. The van der Waals surface area contributed by atoms with Crippen molar-refractivity contribution in [1.82, 2.24) is 14.7 Å². The van der Waals surface area contributed by atoms with E-state index in [4.69, 9.17) is 16.3 Å². The Bertz CT molecular complexity index is 793. The van der Waals surface area contributed by atoms with Crippen LogP contribution in [0, 0.1) is 0 Å². The van der Waals surface area contributed by atoms with Gasteiger partial charge in [-0.3, -0.25) is 9.80 Å². The van der Waals surface area contributed by atoms with Crippen LogP contribution in [0.2, 0.25) is 5.02 Å². The zero-order valence-electron chi connectivity index (χ0n) is 17.0. The van der Waals surface area contributed by atoms with Crippen molar-refractivity contribution >= 4 is 11.6 Å². The number of hydrogen-bond donors (Lipinski definition) is 1. The van der Waals surface area contributed by atoms with Crippen LogP contribution in [0.25, 0.3) is 0 Å². The minimum atomic E-state index is -0.291. The second kappa shape index (κ2) is 9.45. The second-order valence-electron chi connectivity index (χ2n) is 8.20. The van der Waals surface area contributed by atoms with Crippen molar-refractivity contribution in [2.45, 2.75) is 25.1 Å². The molecule has 2 aromatic rings. The first kappa shape index (κ1) is 20.6. The Morgan fingerprint density at radius 2 is 1.76 bits per heavy atom. The van der Waals surface area contributed by atoms with Gasteiger partial charge in [-0.05, 0) is 55.4 Å². The number of nitrogens with zero attached hydrogens (tertiary/aromatic N) is 3. The minimum absolute atomic E-state index is 0.291. The molecule has 29 heavy (non-hydrogen) atoms. The highest BCUT2D eigenvalue weighted by atomic mass is 35.5. The van der Waals surface area contributed by atoms with Crippen LogP contribution in [0.4, 0.5) is 0 Å². The number of likely N-dealkylation sites (tertiary alicyclic amines) is 1. The molecule has 0 aromatic heterocycles. The Morgan fingerprint density at radius 3 is 2.48 bits per heavy atom. The number of hydrogen-bond acceptors (Lipinski definition) is 5. The van der Waals surface area contributed by atoms with Crippen molar-refractivity contribution in [3.8, 4) is 11.5 Å². The summed E-state index contributed by atoms with van der Waals surface area (Å²) < 4.78 is 5.95. The highest BCUT2D eigenvalue weighted by molar-refractivity contribution is 6.30. The van der Waals surface area contributed by atoms with Crippen LogP contribution in [0.15, 0.2) is 48.5 Å². The number of β-amino-alcohol motifs (C(OH)–C–C–N with tert-alkyl or cyclic N) is 1. The maximum atomic E-state index is 10.8. The number of aliphatic hydroxyl groups excluding tert-OH is 1. The monoisotopic (exact) mass is 415 g/mol. The Labute approximate surface area is 178 Å². The number of likely N-dealkylation sites (N-methyl/N-ethyl adjacent to an activating group) is 1. The standard InChI is InChI=1S/C23H30ClN3O2/c1-25-11-13-27(14-12-25)22-9-10-26(17-23(22)28)16-18-3-2-4-21(15-18)29-20-7-5-19(24)6-8-20/h2-8,15,22-23,28H,9-14,16-17H2,1H3/t22-,23-/m1/s1. The molecule has 0 spiro atoms. The van der Waals surface area contributed by atoms with E-state index in [0.29, 0.717) is 11.1 Å². The fraction of sp³-hybridized carbons (Fsp3) is 0.478. The summed E-state index contributed by atoms with van der Waals surface area (Å²) in [5, 5.41) is 11.5. The normalized spacial score (nSPS) is 24.5. The Morgan fingerprint density at radius 1 is 1.00 bits per heavy atom. The molecule has 0 aliphatic carbocycles. The predicted molar refractivity (Wildman–Crippen MR) is 117 cm³/mol. The van der Waals surface area contributed by atoms with Crippen LogP contribution in [0.3, 0.4) is 0 Å². The van der Waals surface area contributed by atoms with Gasteiger partial charge in [-0.2, -0.15) is 0 Å². The van der Waals surface area contributed by atoms with E-state index < -0.39 is 0 Å². The first-order valence-corrected chi connectivity index (χ1v) is 10.8. The smallest absolute Gasteiger partial charge is 0.127 e. The zero-order chi connectivity index (χ0) is 20.2. The number of piperidine rings is 1. The summed E-state index contributed by atoms with van der Waals surface area (Å²) >= 11 is 5.94. The molecule has 0 radical (unpaired) electrons. The summed E-state index contributed by atoms with van der Waals surface area (Å²) in [7, 11) is 2.17. The quantitative estimate of drug-likeness (QED) is 0.811. The third-order valence-corrected chi connectivity index (χ3v) is 6.24. The van der Waals surface area contributed by atoms with Crippen molar-refractivity contribution in [3.05, 3.63) is 59.1 Å². The molecule has 4 rings (SSSR count). The third-order valence-electron chi connectivity index (χ3n) is 5.99. The molecule has 0 bridgehead atoms. The van der Waals surface area contributed by atoms with E-state index in [0.717, 1.165) is 63.7 Å². The maximum absolute atomic E-state index is 10.8. The molecular weight excluding hydrogens is 386 g/mol. The molecule has 1 N–H and O–H groups in total. The molecule has 5 nitrogen and oxygen atoms in total. The first-order chi connectivity index (χ1) is 14.1. The van der Waals surface area contributed by atoms with E-state index in [2.05, 4.69) is 33.9 Å². The van der Waals surface area contributed by atoms with Gasteiger partial charge in [-0.25, -0.2) is 0 Å². The number of rotatable bonds is 5. The number of ether oxygens (including phenoxy) is 1. The van der Waals surface area contributed by atoms with Gasteiger partial charge in [0.2, 0.25) is 0 Å². The van der Waals surface area contributed by atoms with Crippen LogP contribution in [-0.4, -0.2) is 78.3 Å². The van der Waals surface area contributed by atoms with Gasteiger partial charge in [0.1, 0.15) is 11.5 Å². The van der Waals surface area contributed by atoms with E-state index in [1.807, 2.05) is 36.4 Å². The highest BCUT2D eigenvalue weighted by Crippen LogP contribution is 2.25. The molecule has 0 unspecified atom stereocenters. The largest absolute Gasteiger partial charge is 0.457 e. The van der Waals surface area contributed by atoms with Gasteiger partial charge in [0.05, 0.1) is 6.10 Å². The molecule has 0 saturated carbocycles. The van der Waals surface area contributed by atoms with E-state index >= 15 is 0 Å². The SMILES string of the molecule is CN1CCN([C@@H]2CCN(Cc3cccc(Oc4ccc(Cl)cc4)c3)C[C@H]2O)CC1. The van der Waals surface area contributed by atoms with Crippen LogP contribution >= 0.6 is 11.6 Å². The molecule has 2 fully saturated rings. The predicted octanol–water partition coefficient (Wildman–Crippen LogP) is 3.31. The summed E-state index contributed by atoms with van der Waals surface area (Å²) in [6, 6.07) is 15.9. The Balaban J connectivity index is 1.32. The van der Waals surface area contributed by atoms with Crippen LogP contribution < -0.4 is 4.74 Å². The Hall–Kier alpha value is -1.63. The van der Waals surface area contributed by atoms with Gasteiger partial charge in [0, 0.05) is 56.9 Å². The lowest BCUT2D eigenvalue weighted by atomic mass is 9.98. The van der Waals surface area contributed by atoms with Gasteiger partial charge in [-0.1, -0.05) is 23.7 Å². The molecule has 2 aliphatic rings. The molecule has 2 aliphatic heterocycles. The van der Waals surface area contributed by atoms with E-state index in [-0.39, 0.29) is 6.10 Å². The van der Waals surface area contributed by atoms with Crippen molar-refractivity contribution in [1.29, 1.82) is 0 Å². The summed E-state index contributed by atoms with van der Waals surface area (Å²) in [6.07, 6.45) is 0.729. The van der Waals surface area contributed by atoms with Crippen LogP contribution in [-0.2, 0) is 6.54 Å². The molecule has 2 heterocycles. The average molecular weight is 416 g/mol. The van der Waals surface area contributed by atoms with E-state index in [1.165, 1.54) is 5.56 Å². The van der Waals surface area contributed by atoms with Crippen molar-refractivity contribution < 1.29 is 9.84 Å². The molecule has 6 heteroatoms. The third kappa shape index (κ3) is 5.50. The second-order valence-corrected chi connectivity index (χ2v) is 8.64. The fourth-order valence-electron chi connectivity index (χ4n) is 4.31. The molecule has 0 amide bonds. The topological polar surface area (TPSA) is 39.2 Å². The van der Waals surface area contributed by atoms with Crippen LogP contribution in [0.1, 0.15) is 12.0 Å². The van der Waals surface area contributed by atoms with Gasteiger partial charge >= 0.3 is 0 Å². The van der Waals surface area contributed by atoms with Crippen molar-refractivity contribution in [2.75, 3.05) is 46.3 Å². The lowest BCUT2D eigenvalue weighted by molar-refractivity contribution is -0.0286. The molecular formula is C23H30ClN3O2. The zero-order valence-corrected chi connectivity index (χ0v) is 17.8. The van der Waals surface area contributed by atoms with Crippen molar-refractivity contribution in [3.63, 3.8) is 0 Å². The molecule has 2 saturated heterocycles. The first-order valence-electron chi connectivity index (χ1n) is 10.4. The van der Waals surface area contributed by atoms with Gasteiger partial charge in [-0.15, -0.1) is 0 Å². The lowest BCUT2D eigenvalue weighted by Gasteiger charge is -2.44. The summed E-state index contributed by atoms with van der Waals surface area (Å²) in [5.41, 5.74) is 1.20. The summed E-state index contributed by atoms with van der Waals surface area (Å²) in [5.74, 6) is 1.59. The minimum Gasteiger partial charge on any atom is -0.457 e. The summed E-state index contributed by atoms with van der Waals surface area (Å²) in [4.78, 5) is 7.18. The summed E-state index contributed by atoms with van der Waals surface area (Å²) in [6.45, 7) is 6.85. The highest BCUT2D eigenvalue weighted by Gasteiger charge is 2.33. The number of halogens is 1. The maximum Gasteiger partial charge on any atom is 0.127 e. The van der Waals surface area contributed by atoms with Crippen molar-refractivity contribution in [2.24, 2.45) is 0 Å². The lowest BCUT2D eigenvalue weighted by Crippen LogP contribution is -2.58. The molecule has 156 valence electrons. The van der Waals surface area contributed by atoms with E-state index in [1.54, 1.807) is 0 Å². The Kier molecular flexibility index (Phi) is 6.73. The average Bonchev–Trinajstić information content (AvgIpc) is 2.71. The fourth-order valence-corrected chi connectivity index (χ4v) is 4.44. The van der Waals surface area contributed by atoms with Gasteiger partial charge in [0.15, 0.2) is 0 Å². The van der Waals surface area contributed by atoms with Crippen LogP contribution in [0.5, 0.6) is 11.5 Å². The number of aliphatic hydroxyl groups is 1. The number of piperazine rings is 1. The molecule has 2 aromatic carbocycles. The van der Waals surface area contributed by atoms with Gasteiger partial charge in [0.25, 0.3) is 0 Å². The van der Waals surface area contributed by atoms with E-state index in [9.17, 15) is 5.11 Å². The van der Waals surface area contributed by atoms with Gasteiger partial charge < -0.3 is 14.7 Å². The molecule has 2 atom stereocenters.